The third-order valence-electron chi connectivity index (χ3n) is 4.29. The molecule has 5 heteroatoms. The maximum atomic E-state index is 6.09. The van der Waals surface area contributed by atoms with Gasteiger partial charge in [0.2, 0.25) is 5.89 Å². The van der Waals surface area contributed by atoms with Crippen LogP contribution in [0.4, 0.5) is 0 Å². The molecule has 1 atom stereocenters. The van der Waals surface area contributed by atoms with Gasteiger partial charge in [0.15, 0.2) is 5.82 Å². The summed E-state index contributed by atoms with van der Waals surface area (Å²) in [5, 5.41) is 7.56. The predicted octanol–water partition coefficient (Wildman–Crippen LogP) is 3.10. The van der Waals surface area contributed by atoms with Crippen molar-refractivity contribution in [1.82, 2.24) is 15.5 Å². The second-order valence-electron chi connectivity index (χ2n) is 7.37. The van der Waals surface area contributed by atoms with E-state index >= 15 is 0 Å². The number of ether oxygens (including phenoxy) is 1. The van der Waals surface area contributed by atoms with Gasteiger partial charge in [-0.25, -0.2) is 0 Å². The van der Waals surface area contributed by atoms with Crippen molar-refractivity contribution in [1.29, 1.82) is 0 Å². The minimum atomic E-state index is -0.198. The van der Waals surface area contributed by atoms with Crippen LogP contribution in [0.5, 0.6) is 0 Å². The first-order valence-electron chi connectivity index (χ1n) is 8.13. The highest BCUT2D eigenvalue weighted by Gasteiger charge is 2.45. The van der Waals surface area contributed by atoms with Gasteiger partial charge in [-0.1, -0.05) is 35.5 Å². The monoisotopic (exact) mass is 315 g/mol. The highest BCUT2D eigenvalue weighted by atomic mass is 16.5. The lowest BCUT2D eigenvalue weighted by Gasteiger charge is -2.27. The Kier molecular flexibility index (Phi) is 4.25. The standard InChI is InChI=1S/C18H25N3O2/c1-17(2)11-14(18(3,4)23-17)19-12-16-20-15(21-22-16)10-13-8-6-5-7-9-13/h5-9,14,19H,10-12H2,1-4H3/t14-/m0/s1. The van der Waals surface area contributed by atoms with E-state index in [4.69, 9.17) is 9.26 Å². The van der Waals surface area contributed by atoms with E-state index in [0.717, 1.165) is 12.2 Å². The molecule has 1 aliphatic heterocycles. The maximum Gasteiger partial charge on any atom is 0.240 e. The highest BCUT2D eigenvalue weighted by Crippen LogP contribution is 2.37. The third kappa shape index (κ3) is 3.98. The Labute approximate surface area is 137 Å². The smallest absolute Gasteiger partial charge is 0.240 e. The van der Waals surface area contributed by atoms with Gasteiger partial charge in [-0.2, -0.15) is 4.98 Å². The molecule has 0 bridgehead atoms. The van der Waals surface area contributed by atoms with Crippen molar-refractivity contribution in [3.05, 3.63) is 47.6 Å². The molecule has 1 fully saturated rings. The molecule has 2 heterocycles. The maximum absolute atomic E-state index is 6.09. The molecule has 1 saturated heterocycles. The molecular weight excluding hydrogens is 290 g/mol. The fourth-order valence-corrected chi connectivity index (χ4v) is 3.30. The van der Waals surface area contributed by atoms with Gasteiger partial charge in [-0.3, -0.25) is 0 Å². The SMILES string of the molecule is CC1(C)C[C@H](NCc2nc(Cc3ccccc3)no2)C(C)(C)O1. The van der Waals surface area contributed by atoms with Gasteiger partial charge in [-0.15, -0.1) is 0 Å². The first-order chi connectivity index (χ1) is 10.8. The van der Waals surface area contributed by atoms with Crippen LogP contribution >= 0.6 is 0 Å². The van der Waals surface area contributed by atoms with E-state index in [2.05, 4.69) is 55.3 Å². The summed E-state index contributed by atoms with van der Waals surface area (Å²) in [5.74, 6) is 1.34. The molecule has 124 valence electrons. The zero-order valence-corrected chi connectivity index (χ0v) is 14.3. The summed E-state index contributed by atoms with van der Waals surface area (Å²) in [7, 11) is 0. The van der Waals surface area contributed by atoms with Crippen molar-refractivity contribution in [2.24, 2.45) is 0 Å². The molecule has 1 N–H and O–H groups in total. The zero-order valence-electron chi connectivity index (χ0n) is 14.3. The summed E-state index contributed by atoms with van der Waals surface area (Å²) in [4.78, 5) is 4.47. The molecule has 0 saturated carbocycles. The molecule has 0 radical (unpaired) electrons. The van der Waals surface area contributed by atoms with E-state index in [-0.39, 0.29) is 17.2 Å². The topological polar surface area (TPSA) is 60.2 Å². The van der Waals surface area contributed by atoms with E-state index in [0.29, 0.717) is 18.9 Å². The van der Waals surface area contributed by atoms with Gasteiger partial charge in [0.05, 0.1) is 17.7 Å². The number of hydrogen-bond donors (Lipinski definition) is 1. The molecular formula is C18H25N3O2. The Morgan fingerprint density at radius 2 is 1.91 bits per heavy atom. The quantitative estimate of drug-likeness (QED) is 0.918. The summed E-state index contributed by atoms with van der Waals surface area (Å²) in [5.41, 5.74) is 0.880. The molecule has 0 spiro atoms. The molecule has 5 nitrogen and oxygen atoms in total. The molecule has 2 aromatic rings. The number of rotatable bonds is 5. The van der Waals surface area contributed by atoms with Gasteiger partial charge in [-0.05, 0) is 39.7 Å². The van der Waals surface area contributed by atoms with Crippen LogP contribution < -0.4 is 5.32 Å². The first-order valence-corrected chi connectivity index (χ1v) is 8.13. The zero-order chi connectivity index (χ0) is 16.5. The summed E-state index contributed by atoms with van der Waals surface area (Å²) in [6, 6.07) is 10.4. The van der Waals surface area contributed by atoms with Crippen LogP contribution in [0, 0.1) is 0 Å². The Hall–Kier alpha value is -1.72. The summed E-state index contributed by atoms with van der Waals surface area (Å²) in [6.45, 7) is 9.06. The second-order valence-corrected chi connectivity index (χ2v) is 7.37. The van der Waals surface area contributed by atoms with E-state index in [9.17, 15) is 0 Å². The van der Waals surface area contributed by atoms with Crippen LogP contribution in [-0.2, 0) is 17.7 Å². The highest BCUT2D eigenvalue weighted by molar-refractivity contribution is 5.18. The molecule has 3 rings (SSSR count). The van der Waals surface area contributed by atoms with Crippen molar-refractivity contribution in [3.63, 3.8) is 0 Å². The van der Waals surface area contributed by atoms with Crippen LogP contribution in [-0.4, -0.2) is 27.4 Å². The lowest BCUT2D eigenvalue weighted by molar-refractivity contribution is -0.0700. The molecule has 0 amide bonds. The van der Waals surface area contributed by atoms with Crippen molar-refractivity contribution in [3.8, 4) is 0 Å². The fraction of sp³-hybridized carbons (Fsp3) is 0.556. The number of aromatic nitrogens is 2. The van der Waals surface area contributed by atoms with Crippen LogP contribution in [0.2, 0.25) is 0 Å². The summed E-state index contributed by atoms with van der Waals surface area (Å²) < 4.78 is 11.4. The molecule has 1 aromatic heterocycles. The molecule has 0 unspecified atom stereocenters. The first kappa shape index (κ1) is 16.1. The number of benzene rings is 1. The minimum absolute atomic E-state index is 0.103. The van der Waals surface area contributed by atoms with Gasteiger partial charge < -0.3 is 14.6 Å². The normalized spacial score (nSPS) is 22.3. The predicted molar refractivity (Wildman–Crippen MR) is 88.0 cm³/mol. The third-order valence-corrected chi connectivity index (χ3v) is 4.29. The van der Waals surface area contributed by atoms with Crippen molar-refractivity contribution >= 4 is 0 Å². The molecule has 23 heavy (non-hydrogen) atoms. The van der Waals surface area contributed by atoms with Crippen molar-refractivity contribution in [2.75, 3.05) is 0 Å². The Morgan fingerprint density at radius 1 is 1.17 bits per heavy atom. The second kappa shape index (κ2) is 6.06. The van der Waals surface area contributed by atoms with Gasteiger partial charge in [0.25, 0.3) is 0 Å². The number of hydrogen-bond acceptors (Lipinski definition) is 5. The largest absolute Gasteiger partial charge is 0.368 e. The van der Waals surface area contributed by atoms with Crippen LogP contribution in [0.25, 0.3) is 0 Å². The van der Waals surface area contributed by atoms with Crippen LogP contribution in [0.3, 0.4) is 0 Å². The van der Waals surface area contributed by atoms with E-state index < -0.39 is 0 Å². The van der Waals surface area contributed by atoms with Crippen molar-refractivity contribution in [2.45, 2.75) is 64.3 Å². The lowest BCUT2D eigenvalue weighted by atomic mass is 9.94. The number of nitrogens with zero attached hydrogens (tertiary/aromatic N) is 2. The van der Waals surface area contributed by atoms with Crippen LogP contribution in [0.15, 0.2) is 34.9 Å². The Bertz CT molecular complexity index is 649. The molecule has 1 aliphatic rings. The van der Waals surface area contributed by atoms with Gasteiger partial charge >= 0.3 is 0 Å². The fourth-order valence-electron chi connectivity index (χ4n) is 3.30. The van der Waals surface area contributed by atoms with Gasteiger partial charge in [0, 0.05) is 12.5 Å². The molecule has 0 aliphatic carbocycles. The molecule has 1 aromatic carbocycles. The van der Waals surface area contributed by atoms with Crippen LogP contribution in [0.1, 0.15) is 51.4 Å². The van der Waals surface area contributed by atoms with E-state index in [1.165, 1.54) is 5.56 Å². The number of nitrogens with one attached hydrogen (secondary N) is 1. The van der Waals surface area contributed by atoms with Crippen molar-refractivity contribution < 1.29 is 9.26 Å². The summed E-state index contributed by atoms with van der Waals surface area (Å²) >= 11 is 0. The Morgan fingerprint density at radius 3 is 2.57 bits per heavy atom. The summed E-state index contributed by atoms with van der Waals surface area (Å²) in [6.07, 6.45) is 1.65. The average molecular weight is 315 g/mol. The minimum Gasteiger partial charge on any atom is -0.368 e. The Balaban J connectivity index is 1.57. The van der Waals surface area contributed by atoms with Gasteiger partial charge in [0.1, 0.15) is 0 Å². The van der Waals surface area contributed by atoms with E-state index in [1.807, 2.05) is 18.2 Å². The lowest BCUT2D eigenvalue weighted by Crippen LogP contribution is -2.43. The average Bonchev–Trinajstić information content (AvgIpc) is 2.98. The van der Waals surface area contributed by atoms with E-state index in [1.54, 1.807) is 0 Å².